The minimum atomic E-state index is -1.07. The number of nitrogens with zero attached hydrogens (tertiary/aromatic N) is 16. The third kappa shape index (κ3) is 9.34. The highest BCUT2D eigenvalue weighted by molar-refractivity contribution is 5.85. The molecule has 0 aliphatic heterocycles. The summed E-state index contributed by atoms with van der Waals surface area (Å²) in [5, 5.41) is 68.9. The van der Waals surface area contributed by atoms with E-state index >= 15 is 0 Å². The molecule has 0 unspecified atom stereocenters. The predicted molar refractivity (Wildman–Crippen MR) is 267 cm³/mol. The molecule has 24 nitrogen and oxygen atoms in total. The van der Waals surface area contributed by atoms with Gasteiger partial charge in [-0.25, -0.2) is 19.9 Å². The third-order valence-electron chi connectivity index (χ3n) is 14.9. The summed E-state index contributed by atoms with van der Waals surface area (Å²) in [7, 11) is 3.89. The molecule has 0 saturated heterocycles. The van der Waals surface area contributed by atoms with E-state index in [1.54, 1.807) is 47.1 Å². The summed E-state index contributed by atoms with van der Waals surface area (Å²) in [4.78, 5) is 38.4. The summed E-state index contributed by atoms with van der Waals surface area (Å²) in [6, 6.07) is -1.73. The predicted octanol–water partition coefficient (Wildman–Crippen LogP) is 2.91. The Morgan fingerprint density at radius 3 is 1.32 bits per heavy atom. The Morgan fingerprint density at radius 1 is 0.528 bits per heavy atom. The number of nitrogens with one attached hydrogen (secondary N) is 4. The molecule has 24 heteroatoms. The summed E-state index contributed by atoms with van der Waals surface area (Å²) in [5.74, 6) is 2.01. The Balaban J connectivity index is 0.821. The number of hydrogen-bond acceptors (Lipinski definition) is 18. The normalized spacial score (nSPS) is 25.5. The van der Waals surface area contributed by atoms with Gasteiger partial charge in [-0.15, -0.1) is 0 Å². The van der Waals surface area contributed by atoms with Crippen LogP contribution in [0.25, 0.3) is 22.3 Å². The van der Waals surface area contributed by atoms with Crippen LogP contribution >= 0.6 is 0 Å². The summed E-state index contributed by atoms with van der Waals surface area (Å²) < 4.78 is 11.1. The zero-order chi connectivity index (χ0) is 49.6. The van der Waals surface area contributed by atoms with Gasteiger partial charge in [-0.2, -0.15) is 30.1 Å². The molecule has 8 N–H and O–H groups in total. The number of fused-ring (bicyclic) bond motifs is 2. The van der Waals surface area contributed by atoms with Crippen LogP contribution < -0.4 is 21.3 Å². The van der Waals surface area contributed by atoms with Crippen molar-refractivity contribution in [3.8, 4) is 0 Å². The lowest BCUT2D eigenvalue weighted by molar-refractivity contribution is 0.00721. The second-order valence-electron chi connectivity index (χ2n) is 19.8. The van der Waals surface area contributed by atoms with Crippen LogP contribution in [-0.4, -0.2) is 148 Å². The smallest absolute Gasteiger partial charge is 0.226 e. The van der Waals surface area contributed by atoms with Crippen molar-refractivity contribution in [3.05, 3.63) is 85.0 Å². The third-order valence-corrected chi connectivity index (χ3v) is 14.9. The second-order valence-corrected chi connectivity index (χ2v) is 19.8. The largest absolute Gasteiger partial charge is 0.388 e. The number of rotatable bonds is 18. The number of imidazole rings is 4. The van der Waals surface area contributed by atoms with Crippen LogP contribution in [0.1, 0.15) is 99.1 Å². The van der Waals surface area contributed by atoms with Gasteiger partial charge in [-0.05, 0) is 62.5 Å². The highest BCUT2D eigenvalue weighted by atomic mass is 16.3. The van der Waals surface area contributed by atoms with Crippen LogP contribution in [0.4, 0.5) is 23.5 Å². The molecule has 0 bridgehead atoms. The first-order chi connectivity index (χ1) is 35.0. The van der Waals surface area contributed by atoms with E-state index in [-0.39, 0.29) is 12.1 Å². The fourth-order valence-electron chi connectivity index (χ4n) is 10.8. The Hall–Kier alpha value is -7.02. The highest BCUT2D eigenvalue weighted by Gasteiger charge is 2.46. The van der Waals surface area contributed by atoms with E-state index in [1.807, 2.05) is 57.2 Å². The van der Waals surface area contributed by atoms with Crippen molar-refractivity contribution in [1.82, 2.24) is 77.7 Å². The molecular weight excluding hydrogens is 921 g/mol. The van der Waals surface area contributed by atoms with Gasteiger partial charge in [0.2, 0.25) is 11.9 Å². The lowest BCUT2D eigenvalue weighted by Crippen LogP contribution is -2.33. The SMILES string of the molecule is CCc1cnn([C@H]2C[C@@H](n3cnc4c(NC5CCC(Nc6nc(NCCc7cn(C)cn7)nc7c6ncn7[C@@H]6C[C@H](n7cc(CC)cn7)[C@@H](O)[C@H]6O)CC5)nc(NCCc5cn(C)cn5)nc43)[C@H](O)[C@@H]2O)c1. The number of aliphatic hydroxyl groups is 4. The van der Waals surface area contributed by atoms with Crippen LogP contribution in [-0.2, 0) is 39.8 Å². The van der Waals surface area contributed by atoms with Gasteiger partial charge in [0.15, 0.2) is 34.0 Å². The van der Waals surface area contributed by atoms with E-state index in [9.17, 15) is 20.4 Å². The maximum Gasteiger partial charge on any atom is 0.226 e. The topological polar surface area (TPSA) is 288 Å². The summed E-state index contributed by atoms with van der Waals surface area (Å²) in [6.45, 7) is 5.21. The van der Waals surface area contributed by atoms with Crippen LogP contribution in [0.5, 0.6) is 0 Å². The standard InChI is InChI=1S/C48H64N20O4/c1-5-27-17-55-67(19-27)35-15-33(39(69)41(35)71)65-25-53-37-43(59-47(61-45(37)65)49-13-11-31-21-63(3)23-51-31)57-29-7-9-30(10-8-29)58-44-38-46(62-48(60-44)50-14-12-32-22-64(4)24-52-32)66(26-54-38)34-16-36(42(72)40(34)70)68-20-28(6-2)18-56-68/h17-26,29-30,33-36,39-42,69-72H,5-16H2,1-4H3,(H2,49,57,59,61)(H2,50,58,60,62)/t29?,30?,33-,34-,35+,36+,39+,40+,41-,42-/m1/s1. The van der Waals surface area contributed by atoms with E-state index in [0.29, 0.717) is 84.6 Å². The molecule has 0 spiro atoms. The number of aliphatic hydroxyl groups excluding tert-OH is 4. The van der Waals surface area contributed by atoms with Gasteiger partial charge in [-0.3, -0.25) is 9.36 Å². The van der Waals surface area contributed by atoms with Crippen molar-refractivity contribution in [2.75, 3.05) is 34.4 Å². The van der Waals surface area contributed by atoms with E-state index in [2.05, 4.69) is 55.3 Å². The van der Waals surface area contributed by atoms with Gasteiger partial charge >= 0.3 is 0 Å². The Kier molecular flexibility index (Phi) is 13.1. The van der Waals surface area contributed by atoms with Crippen molar-refractivity contribution in [3.63, 3.8) is 0 Å². The average molecular weight is 985 g/mol. The molecule has 0 aromatic carbocycles. The van der Waals surface area contributed by atoms with E-state index in [4.69, 9.17) is 29.9 Å². The van der Waals surface area contributed by atoms with Crippen molar-refractivity contribution in [2.45, 2.75) is 139 Å². The molecule has 11 rings (SSSR count). The molecule has 8 aromatic heterocycles. The molecule has 3 aliphatic rings. The Labute approximate surface area is 415 Å². The molecule has 8 heterocycles. The van der Waals surface area contributed by atoms with E-state index < -0.39 is 48.6 Å². The van der Waals surface area contributed by atoms with Crippen molar-refractivity contribution >= 4 is 45.9 Å². The monoisotopic (exact) mass is 985 g/mol. The first-order valence-electron chi connectivity index (χ1n) is 25.2. The second kappa shape index (κ2) is 19.9. The van der Waals surface area contributed by atoms with Crippen LogP contribution in [0.2, 0.25) is 0 Å². The van der Waals surface area contributed by atoms with Gasteiger partial charge in [0, 0.05) is 76.9 Å². The number of aromatic nitrogens is 16. The Morgan fingerprint density at radius 2 is 0.944 bits per heavy atom. The van der Waals surface area contributed by atoms with Crippen LogP contribution in [0, 0.1) is 0 Å². The zero-order valence-corrected chi connectivity index (χ0v) is 41.0. The summed E-state index contributed by atoms with van der Waals surface area (Å²) in [5.41, 5.74) is 6.26. The minimum absolute atomic E-state index is 0.0587. The lowest BCUT2D eigenvalue weighted by Gasteiger charge is -2.30. The van der Waals surface area contributed by atoms with Crippen molar-refractivity contribution in [2.24, 2.45) is 14.1 Å². The van der Waals surface area contributed by atoms with E-state index in [1.165, 1.54) is 0 Å². The lowest BCUT2D eigenvalue weighted by atomic mass is 9.91. The van der Waals surface area contributed by atoms with Crippen LogP contribution in [0.3, 0.4) is 0 Å². The molecular formula is C48H64N20O4. The van der Waals surface area contributed by atoms with Crippen molar-refractivity contribution in [1.29, 1.82) is 0 Å². The maximum atomic E-state index is 11.5. The highest BCUT2D eigenvalue weighted by Crippen LogP contribution is 2.42. The molecule has 3 fully saturated rings. The zero-order valence-electron chi connectivity index (χ0n) is 41.0. The minimum Gasteiger partial charge on any atom is -0.388 e. The molecule has 8 atom stereocenters. The van der Waals surface area contributed by atoms with E-state index in [0.717, 1.165) is 61.0 Å². The summed E-state index contributed by atoms with van der Waals surface area (Å²) in [6.07, 6.45) is 21.3. The molecule has 0 amide bonds. The first kappa shape index (κ1) is 47.3. The fraction of sp³-hybridized carbons (Fsp3) is 0.542. The number of hydrogen-bond donors (Lipinski definition) is 8. The fourth-order valence-corrected chi connectivity index (χ4v) is 10.8. The maximum absolute atomic E-state index is 11.5. The molecule has 0 radical (unpaired) electrons. The molecule has 3 aliphatic carbocycles. The van der Waals surface area contributed by atoms with Gasteiger partial charge < -0.3 is 60.0 Å². The van der Waals surface area contributed by atoms with Gasteiger partial charge in [0.25, 0.3) is 0 Å². The van der Waals surface area contributed by atoms with Gasteiger partial charge in [-0.1, -0.05) is 13.8 Å². The molecule has 380 valence electrons. The first-order valence-corrected chi connectivity index (χ1v) is 25.2. The van der Waals surface area contributed by atoms with Crippen LogP contribution in [0.15, 0.2) is 62.5 Å². The summed E-state index contributed by atoms with van der Waals surface area (Å²) >= 11 is 0. The number of anilines is 4. The molecule has 8 aromatic rings. The quantitative estimate of drug-likeness (QED) is 0.0613. The Bertz CT molecular complexity index is 2920. The number of aryl methyl sites for hydroxylation is 4. The molecule has 3 saturated carbocycles. The average Bonchev–Trinajstić information content (AvgIpc) is 4.26. The van der Waals surface area contributed by atoms with Crippen molar-refractivity contribution < 1.29 is 20.4 Å². The van der Waals surface area contributed by atoms with Gasteiger partial charge in [0.1, 0.15) is 24.4 Å². The molecule has 72 heavy (non-hydrogen) atoms. The van der Waals surface area contributed by atoms with Gasteiger partial charge in [0.05, 0.1) is 73.3 Å².